The van der Waals surface area contributed by atoms with Gasteiger partial charge in [0.05, 0.1) is 18.4 Å². The average Bonchev–Trinajstić information content (AvgIpc) is 2.72. The summed E-state index contributed by atoms with van der Waals surface area (Å²) in [5.41, 5.74) is 1.67. The third kappa shape index (κ3) is 4.39. The van der Waals surface area contributed by atoms with Gasteiger partial charge in [0, 0.05) is 11.7 Å². The van der Waals surface area contributed by atoms with Crippen molar-refractivity contribution in [2.75, 3.05) is 7.11 Å². The van der Waals surface area contributed by atoms with Gasteiger partial charge in [-0.15, -0.1) is 0 Å². The van der Waals surface area contributed by atoms with Gasteiger partial charge in [-0.3, -0.25) is 9.36 Å². The first-order chi connectivity index (χ1) is 13.5. The maximum atomic E-state index is 13.4. The Kier molecular flexibility index (Phi) is 6.41. The van der Waals surface area contributed by atoms with E-state index >= 15 is 0 Å². The zero-order chi connectivity index (χ0) is 20.1. The van der Waals surface area contributed by atoms with E-state index in [2.05, 4.69) is 18.8 Å². The Bertz CT molecular complexity index is 985. The van der Waals surface area contributed by atoms with Crippen LogP contribution in [0.2, 0.25) is 0 Å². The highest BCUT2D eigenvalue weighted by Gasteiger charge is 2.19. The topological polar surface area (TPSA) is 64.4 Å². The highest BCUT2D eigenvalue weighted by atomic mass is 32.2. The van der Waals surface area contributed by atoms with E-state index in [1.807, 2.05) is 54.6 Å². The molecule has 2 aromatic carbocycles. The fourth-order valence-electron chi connectivity index (χ4n) is 2.78. The Morgan fingerprint density at radius 2 is 1.82 bits per heavy atom. The van der Waals surface area contributed by atoms with Crippen LogP contribution < -0.4 is 10.3 Å². The number of thioether (sulfide) groups is 1. The molecule has 0 radical (unpaired) electrons. The normalized spacial score (nSPS) is 12.0. The van der Waals surface area contributed by atoms with Gasteiger partial charge in [-0.2, -0.15) is 4.98 Å². The highest BCUT2D eigenvalue weighted by molar-refractivity contribution is 7.99. The lowest BCUT2D eigenvalue weighted by Crippen LogP contribution is -2.26. The lowest BCUT2D eigenvalue weighted by atomic mass is 10.1. The summed E-state index contributed by atoms with van der Waals surface area (Å²) < 4.78 is 6.80. The van der Waals surface area contributed by atoms with E-state index in [0.29, 0.717) is 23.0 Å². The van der Waals surface area contributed by atoms with Crippen molar-refractivity contribution in [3.8, 4) is 17.3 Å². The van der Waals surface area contributed by atoms with Crippen LogP contribution >= 0.6 is 11.8 Å². The number of aromatic hydroxyl groups is 1. The van der Waals surface area contributed by atoms with E-state index in [0.717, 1.165) is 12.0 Å². The first-order valence-electron chi connectivity index (χ1n) is 9.23. The van der Waals surface area contributed by atoms with Crippen LogP contribution in [-0.2, 0) is 6.42 Å². The van der Waals surface area contributed by atoms with Gasteiger partial charge < -0.3 is 9.84 Å². The standard InChI is InChI=1S/C22H24N2O3S/c1-4-15(2)28-22-23-20(25)19(14-16-8-6-5-7-9-16)21(26)24(22)17-10-12-18(27-3)13-11-17/h5-13,15,25H,4,14H2,1-3H3/t15-/m1/s1. The molecule has 0 fully saturated rings. The summed E-state index contributed by atoms with van der Waals surface area (Å²) in [7, 11) is 1.60. The fraction of sp³-hybridized carbons (Fsp3) is 0.273. The summed E-state index contributed by atoms with van der Waals surface area (Å²) in [6.07, 6.45) is 1.25. The molecular formula is C22H24N2O3S. The molecule has 0 spiro atoms. The molecule has 0 aliphatic rings. The van der Waals surface area contributed by atoms with Gasteiger partial charge in [-0.1, -0.05) is 55.9 Å². The third-order valence-corrected chi connectivity index (χ3v) is 5.78. The average molecular weight is 397 g/mol. The van der Waals surface area contributed by atoms with Crippen molar-refractivity contribution in [3.63, 3.8) is 0 Å². The molecule has 0 bridgehead atoms. The predicted octanol–water partition coefficient (Wildman–Crippen LogP) is 4.43. The third-order valence-electron chi connectivity index (χ3n) is 4.56. The minimum Gasteiger partial charge on any atom is -0.497 e. The van der Waals surface area contributed by atoms with Gasteiger partial charge in [0.15, 0.2) is 5.16 Å². The molecular weight excluding hydrogens is 372 g/mol. The van der Waals surface area contributed by atoms with E-state index in [4.69, 9.17) is 4.74 Å². The lowest BCUT2D eigenvalue weighted by Gasteiger charge is -2.17. The van der Waals surface area contributed by atoms with Crippen LogP contribution in [0, 0.1) is 0 Å². The van der Waals surface area contributed by atoms with Crippen LogP contribution in [0.3, 0.4) is 0 Å². The summed E-state index contributed by atoms with van der Waals surface area (Å²) in [5.74, 6) is 0.508. The molecule has 0 aliphatic carbocycles. The summed E-state index contributed by atoms with van der Waals surface area (Å²) in [6, 6.07) is 16.9. The van der Waals surface area contributed by atoms with Gasteiger partial charge in [0.1, 0.15) is 5.75 Å². The second-order valence-electron chi connectivity index (χ2n) is 6.53. The number of hydrogen-bond acceptors (Lipinski definition) is 5. The van der Waals surface area contributed by atoms with Crippen molar-refractivity contribution >= 4 is 11.8 Å². The van der Waals surface area contributed by atoms with Crippen LogP contribution in [0.4, 0.5) is 0 Å². The van der Waals surface area contributed by atoms with Crippen LogP contribution in [0.15, 0.2) is 64.5 Å². The van der Waals surface area contributed by atoms with Crippen molar-refractivity contribution in [3.05, 3.63) is 76.1 Å². The number of hydrogen-bond donors (Lipinski definition) is 1. The van der Waals surface area contributed by atoms with E-state index in [-0.39, 0.29) is 22.3 Å². The monoisotopic (exact) mass is 396 g/mol. The fourth-order valence-corrected chi connectivity index (χ4v) is 3.74. The SMILES string of the molecule is CC[C@@H](C)Sc1nc(O)c(Cc2ccccc2)c(=O)n1-c1ccc(OC)cc1. The second-order valence-corrected chi connectivity index (χ2v) is 7.94. The molecule has 0 amide bonds. The molecule has 5 nitrogen and oxygen atoms in total. The van der Waals surface area contributed by atoms with Crippen LogP contribution in [0.5, 0.6) is 11.6 Å². The van der Waals surface area contributed by atoms with Crippen molar-refractivity contribution < 1.29 is 9.84 Å². The molecule has 3 aromatic rings. The number of aromatic nitrogens is 2. The largest absolute Gasteiger partial charge is 0.497 e. The van der Waals surface area contributed by atoms with Gasteiger partial charge >= 0.3 is 0 Å². The van der Waals surface area contributed by atoms with Gasteiger partial charge in [-0.05, 0) is 36.2 Å². The van der Waals surface area contributed by atoms with Crippen molar-refractivity contribution in [2.24, 2.45) is 0 Å². The molecule has 0 unspecified atom stereocenters. The number of ether oxygens (including phenoxy) is 1. The Balaban J connectivity index is 2.14. The van der Waals surface area contributed by atoms with Crippen LogP contribution in [0.1, 0.15) is 31.4 Å². The second kappa shape index (κ2) is 8.97. The molecule has 0 saturated carbocycles. The quantitative estimate of drug-likeness (QED) is 0.473. The van der Waals surface area contributed by atoms with Gasteiger partial charge in [0.2, 0.25) is 5.88 Å². The molecule has 3 rings (SSSR count). The smallest absolute Gasteiger partial charge is 0.266 e. The number of rotatable bonds is 7. The molecule has 0 aliphatic heterocycles. The summed E-state index contributed by atoms with van der Waals surface area (Å²) in [4.78, 5) is 17.7. The Hall–Kier alpha value is -2.73. The molecule has 1 N–H and O–H groups in total. The summed E-state index contributed by atoms with van der Waals surface area (Å²) >= 11 is 1.48. The van der Waals surface area contributed by atoms with E-state index in [1.54, 1.807) is 11.7 Å². The minimum atomic E-state index is -0.257. The maximum Gasteiger partial charge on any atom is 0.266 e. The zero-order valence-electron chi connectivity index (χ0n) is 16.3. The predicted molar refractivity (Wildman–Crippen MR) is 113 cm³/mol. The van der Waals surface area contributed by atoms with Crippen LogP contribution in [0.25, 0.3) is 5.69 Å². The van der Waals surface area contributed by atoms with E-state index < -0.39 is 0 Å². The summed E-state index contributed by atoms with van der Waals surface area (Å²) in [6.45, 7) is 4.15. The molecule has 6 heteroatoms. The number of methoxy groups -OCH3 is 1. The Labute approximate surface area is 169 Å². The minimum absolute atomic E-state index is 0.204. The van der Waals surface area contributed by atoms with Crippen molar-refractivity contribution in [2.45, 2.75) is 37.1 Å². The lowest BCUT2D eigenvalue weighted by molar-refractivity contribution is 0.414. The van der Waals surface area contributed by atoms with Crippen LogP contribution in [-0.4, -0.2) is 27.0 Å². The first kappa shape index (κ1) is 20.0. The molecule has 1 atom stereocenters. The molecule has 0 saturated heterocycles. The summed E-state index contributed by atoms with van der Waals surface area (Å²) in [5, 5.41) is 11.3. The van der Waals surface area contributed by atoms with E-state index in [9.17, 15) is 9.90 Å². The maximum absolute atomic E-state index is 13.4. The van der Waals surface area contributed by atoms with Gasteiger partial charge in [0.25, 0.3) is 5.56 Å². The number of benzene rings is 2. The Morgan fingerprint density at radius 3 is 2.43 bits per heavy atom. The highest BCUT2D eigenvalue weighted by Crippen LogP contribution is 2.28. The van der Waals surface area contributed by atoms with E-state index in [1.165, 1.54) is 11.8 Å². The van der Waals surface area contributed by atoms with Crippen molar-refractivity contribution in [1.29, 1.82) is 0 Å². The molecule has 146 valence electrons. The first-order valence-corrected chi connectivity index (χ1v) is 10.1. The Morgan fingerprint density at radius 1 is 1.14 bits per heavy atom. The number of nitrogens with zero attached hydrogens (tertiary/aromatic N) is 2. The molecule has 28 heavy (non-hydrogen) atoms. The van der Waals surface area contributed by atoms with Crippen molar-refractivity contribution in [1.82, 2.24) is 9.55 Å². The molecule has 1 aromatic heterocycles. The zero-order valence-corrected chi connectivity index (χ0v) is 17.1. The molecule has 1 heterocycles. The van der Waals surface area contributed by atoms with Gasteiger partial charge in [-0.25, -0.2) is 0 Å².